The predicted octanol–water partition coefficient (Wildman–Crippen LogP) is 3.52. The van der Waals surface area contributed by atoms with Crippen molar-refractivity contribution < 1.29 is 14.4 Å². The highest BCUT2D eigenvalue weighted by Crippen LogP contribution is 2.29. The summed E-state index contributed by atoms with van der Waals surface area (Å²) < 4.78 is 0. The Morgan fingerprint density at radius 1 is 1.05 bits per heavy atom. The van der Waals surface area contributed by atoms with Crippen LogP contribution in [-0.2, 0) is 22.8 Å². The minimum absolute atomic E-state index is 0.151. The van der Waals surface area contributed by atoms with Crippen LogP contribution in [0, 0.1) is 0 Å². The van der Waals surface area contributed by atoms with E-state index in [1.807, 2.05) is 19.1 Å². The molecule has 4 rings (SSSR count). The number of benzene rings is 2. The topological polar surface area (TPSA) is 162 Å². The Morgan fingerprint density at radius 2 is 1.84 bits per heavy atom. The minimum atomic E-state index is -0.327. The monoisotopic (exact) mass is 513 g/mol. The Balaban J connectivity index is 1.53. The van der Waals surface area contributed by atoms with Gasteiger partial charge in [-0.15, -0.1) is 0 Å². The molecule has 7 N–H and O–H groups in total. The number of carbonyl (C=O) groups excluding carboxylic acids is 2. The quantitative estimate of drug-likeness (QED) is 0.251. The molecule has 2 amide bonds. The summed E-state index contributed by atoms with van der Waals surface area (Å²) in [7, 11) is 0. The lowest BCUT2D eigenvalue weighted by molar-refractivity contribution is -0.187. The van der Waals surface area contributed by atoms with Crippen LogP contribution < -0.4 is 22.5 Å². The van der Waals surface area contributed by atoms with Crippen LogP contribution in [0.3, 0.4) is 0 Å². The third-order valence-electron chi connectivity index (χ3n) is 5.84. The fourth-order valence-electron chi connectivity index (χ4n) is 3.89. The molecule has 38 heavy (non-hydrogen) atoms. The number of aromatic nitrogens is 1. The lowest BCUT2D eigenvalue weighted by Crippen LogP contribution is -2.34. The van der Waals surface area contributed by atoms with E-state index in [2.05, 4.69) is 15.3 Å². The number of hydroxylamine groups is 2. The van der Waals surface area contributed by atoms with E-state index in [4.69, 9.17) is 22.0 Å². The van der Waals surface area contributed by atoms with Crippen LogP contribution in [0.1, 0.15) is 46.8 Å². The molecule has 1 aliphatic heterocycles. The molecule has 2 aromatic carbocycles. The van der Waals surface area contributed by atoms with Gasteiger partial charge in [-0.1, -0.05) is 25.1 Å². The lowest BCUT2D eigenvalue weighted by Gasteiger charge is -2.22. The summed E-state index contributed by atoms with van der Waals surface area (Å²) in [5.74, 6) is -0.356. The van der Waals surface area contributed by atoms with E-state index in [9.17, 15) is 9.59 Å². The first-order valence-corrected chi connectivity index (χ1v) is 12.3. The average Bonchev–Trinajstić information content (AvgIpc) is 3.09. The third-order valence-corrected chi connectivity index (χ3v) is 5.84. The molecule has 2 heterocycles. The van der Waals surface area contributed by atoms with Gasteiger partial charge in [-0.2, -0.15) is 0 Å². The summed E-state index contributed by atoms with van der Waals surface area (Å²) in [6.45, 7) is 2.92. The van der Waals surface area contributed by atoms with Crippen LogP contribution in [-0.4, -0.2) is 34.2 Å². The van der Waals surface area contributed by atoms with Gasteiger partial charge in [-0.3, -0.25) is 19.4 Å². The van der Waals surface area contributed by atoms with Gasteiger partial charge in [0.2, 0.25) is 0 Å². The Kier molecular flexibility index (Phi) is 8.47. The number of amidine groups is 1. The van der Waals surface area contributed by atoms with Crippen molar-refractivity contribution in [2.75, 3.05) is 17.6 Å². The molecule has 0 saturated heterocycles. The van der Waals surface area contributed by atoms with Crippen molar-refractivity contribution in [3.8, 4) is 0 Å². The molecule has 0 saturated carbocycles. The van der Waals surface area contributed by atoms with E-state index in [0.717, 1.165) is 11.1 Å². The van der Waals surface area contributed by atoms with Crippen molar-refractivity contribution in [3.63, 3.8) is 0 Å². The first-order valence-electron chi connectivity index (χ1n) is 12.3. The van der Waals surface area contributed by atoms with Crippen LogP contribution in [0.25, 0.3) is 6.08 Å². The fourth-order valence-corrected chi connectivity index (χ4v) is 3.89. The number of aliphatic imine (C=N–C) groups is 1. The molecule has 10 heteroatoms. The van der Waals surface area contributed by atoms with Crippen LogP contribution in [0.2, 0.25) is 0 Å². The second-order valence-corrected chi connectivity index (χ2v) is 8.89. The molecule has 0 radical (unpaired) electrons. The summed E-state index contributed by atoms with van der Waals surface area (Å²) >= 11 is 0. The van der Waals surface area contributed by atoms with Crippen molar-refractivity contribution in [2.45, 2.75) is 32.9 Å². The van der Waals surface area contributed by atoms with Crippen molar-refractivity contribution in [1.29, 1.82) is 0 Å². The summed E-state index contributed by atoms with van der Waals surface area (Å²) in [5.41, 5.74) is 22.5. The van der Waals surface area contributed by atoms with Crippen LogP contribution in [0.4, 0.5) is 17.1 Å². The molecule has 0 bridgehead atoms. The zero-order valence-corrected chi connectivity index (χ0v) is 21.2. The van der Waals surface area contributed by atoms with Crippen molar-refractivity contribution in [1.82, 2.24) is 10.0 Å². The highest BCUT2D eigenvalue weighted by Gasteiger charge is 2.23. The summed E-state index contributed by atoms with van der Waals surface area (Å²) in [6, 6.07) is 14.1. The maximum atomic E-state index is 13.4. The van der Waals surface area contributed by atoms with Gasteiger partial charge in [0.15, 0.2) is 0 Å². The zero-order valence-electron chi connectivity index (χ0n) is 21.2. The number of carbonyl (C=O) groups is 2. The Labute approximate surface area is 221 Å². The van der Waals surface area contributed by atoms with Crippen LogP contribution in [0.15, 0.2) is 71.5 Å². The van der Waals surface area contributed by atoms with Crippen LogP contribution >= 0.6 is 0 Å². The number of rotatable bonds is 9. The highest BCUT2D eigenvalue weighted by molar-refractivity contribution is 6.07. The highest BCUT2D eigenvalue weighted by atomic mass is 16.7. The maximum Gasteiger partial charge on any atom is 0.273 e. The summed E-state index contributed by atoms with van der Waals surface area (Å²) in [4.78, 5) is 40.7. The Hall–Kier alpha value is -4.54. The fraction of sp³-hybridized carbons (Fsp3) is 0.214. The minimum Gasteiger partial charge on any atom is -0.399 e. The van der Waals surface area contributed by atoms with Crippen molar-refractivity contribution >= 4 is 40.8 Å². The van der Waals surface area contributed by atoms with E-state index in [-0.39, 0.29) is 30.7 Å². The maximum absolute atomic E-state index is 13.4. The van der Waals surface area contributed by atoms with Gasteiger partial charge < -0.3 is 22.5 Å². The van der Waals surface area contributed by atoms with Gasteiger partial charge in [-0.05, 0) is 54.0 Å². The van der Waals surface area contributed by atoms with Crippen molar-refractivity contribution in [3.05, 3.63) is 88.8 Å². The van der Waals surface area contributed by atoms with Gasteiger partial charge in [0.05, 0.1) is 17.6 Å². The second-order valence-electron chi connectivity index (χ2n) is 8.89. The molecule has 0 aliphatic carbocycles. The molecule has 0 spiro atoms. The SMILES string of the molecule is CCCN(OCc1ccc(N)cc1)C(=O)C1=Cc2ccc(C(=O)Nc3cncc(CN)c3)cc2N=C(N)C1. The molecule has 0 fully saturated rings. The molecular formula is C28H31N7O3. The number of pyridine rings is 1. The van der Waals surface area contributed by atoms with Crippen molar-refractivity contribution in [2.24, 2.45) is 16.5 Å². The first kappa shape index (κ1) is 26.5. The largest absolute Gasteiger partial charge is 0.399 e. The lowest BCUT2D eigenvalue weighted by atomic mass is 10.0. The summed E-state index contributed by atoms with van der Waals surface area (Å²) in [6.07, 6.45) is 5.80. The van der Waals surface area contributed by atoms with Gasteiger partial charge in [0.1, 0.15) is 12.4 Å². The van der Waals surface area contributed by atoms with Gasteiger partial charge in [0.25, 0.3) is 11.8 Å². The number of hydrogen-bond acceptors (Lipinski definition) is 8. The Bertz CT molecular complexity index is 1380. The molecule has 0 atom stereocenters. The summed E-state index contributed by atoms with van der Waals surface area (Å²) in [5, 5.41) is 4.17. The van der Waals surface area contributed by atoms with Crippen LogP contribution in [0.5, 0.6) is 0 Å². The van der Waals surface area contributed by atoms with E-state index >= 15 is 0 Å². The number of amides is 2. The molecule has 10 nitrogen and oxygen atoms in total. The van der Waals surface area contributed by atoms with Gasteiger partial charge in [0, 0.05) is 48.1 Å². The van der Waals surface area contributed by atoms with Gasteiger partial charge >= 0.3 is 0 Å². The number of hydrogen-bond donors (Lipinski definition) is 4. The number of nitrogens with one attached hydrogen (secondary N) is 1. The Morgan fingerprint density at radius 3 is 2.58 bits per heavy atom. The van der Waals surface area contributed by atoms with Gasteiger partial charge in [-0.25, -0.2) is 10.1 Å². The molecular weight excluding hydrogens is 482 g/mol. The van der Waals surface area contributed by atoms with E-state index in [0.29, 0.717) is 53.3 Å². The molecule has 196 valence electrons. The normalized spacial score (nSPS) is 12.6. The number of fused-ring (bicyclic) bond motifs is 1. The second kappa shape index (κ2) is 12.1. The smallest absolute Gasteiger partial charge is 0.273 e. The number of nitrogen functional groups attached to an aromatic ring is 1. The molecule has 1 aliphatic rings. The van der Waals surface area contributed by atoms with E-state index in [1.165, 1.54) is 5.06 Å². The zero-order chi connectivity index (χ0) is 27.1. The molecule has 1 aromatic heterocycles. The predicted molar refractivity (Wildman–Crippen MR) is 148 cm³/mol. The first-order chi connectivity index (χ1) is 18.4. The van der Waals surface area contributed by atoms with E-state index in [1.54, 1.807) is 54.9 Å². The number of nitrogens with zero attached hydrogens (tertiary/aromatic N) is 3. The molecule has 0 unspecified atom stereocenters. The average molecular weight is 514 g/mol. The number of nitrogens with two attached hydrogens (primary N) is 3. The van der Waals surface area contributed by atoms with E-state index < -0.39 is 0 Å². The number of anilines is 2. The standard InChI is InChI=1S/C28H31N7O3/c1-2-9-35(38-17-18-3-7-23(30)8-4-18)28(37)22-11-20-5-6-21(12-25(20)34-26(31)13-22)27(36)33-24-10-19(14-29)15-32-16-24/h3-8,10-12,15-16H,2,9,13-14,17,29-30H2,1H3,(H2,31,34)(H,33,36). The molecule has 3 aromatic rings. The third kappa shape index (κ3) is 6.61.